The van der Waals surface area contributed by atoms with Crippen LogP contribution in [0.5, 0.6) is 5.75 Å². The normalized spacial score (nSPS) is 16.2. The van der Waals surface area contributed by atoms with Crippen molar-refractivity contribution in [1.29, 1.82) is 0 Å². The molecule has 0 bridgehead atoms. The number of carbonyl (C=O) groups is 2. The van der Waals surface area contributed by atoms with Gasteiger partial charge < -0.3 is 20.1 Å². The summed E-state index contributed by atoms with van der Waals surface area (Å²) in [7, 11) is 0. The van der Waals surface area contributed by atoms with Crippen molar-refractivity contribution in [2.45, 2.75) is 53.4 Å². The number of ether oxygens (including phenoxy) is 2. The van der Waals surface area contributed by atoms with Crippen molar-refractivity contribution in [3.8, 4) is 5.75 Å². The third kappa shape index (κ3) is 5.45. The Balaban J connectivity index is 1.98. The smallest absolute Gasteiger partial charge is 0.338 e. The van der Waals surface area contributed by atoms with Gasteiger partial charge in [-0.25, -0.2) is 9.59 Å². The van der Waals surface area contributed by atoms with Gasteiger partial charge in [0.15, 0.2) is 0 Å². The van der Waals surface area contributed by atoms with Crippen molar-refractivity contribution in [2.24, 2.45) is 5.92 Å². The van der Waals surface area contributed by atoms with Crippen LogP contribution < -0.4 is 15.4 Å². The van der Waals surface area contributed by atoms with E-state index in [-0.39, 0.29) is 18.1 Å². The quantitative estimate of drug-likeness (QED) is 0.629. The summed E-state index contributed by atoms with van der Waals surface area (Å²) >= 11 is 0. The van der Waals surface area contributed by atoms with Crippen LogP contribution in [0.2, 0.25) is 0 Å². The van der Waals surface area contributed by atoms with E-state index in [1.165, 1.54) is 5.56 Å². The summed E-state index contributed by atoms with van der Waals surface area (Å²) < 4.78 is 11.6. The minimum absolute atomic E-state index is 0.0658. The third-order valence-corrected chi connectivity index (χ3v) is 4.99. The van der Waals surface area contributed by atoms with Crippen molar-refractivity contribution in [3.05, 3.63) is 76.5 Å². The van der Waals surface area contributed by atoms with Crippen LogP contribution in [0, 0.1) is 12.8 Å². The number of amides is 2. The fourth-order valence-corrected chi connectivity index (χ4v) is 3.47. The highest BCUT2D eigenvalue weighted by molar-refractivity contribution is 5.95. The molecule has 0 radical (unpaired) electrons. The molecule has 1 aliphatic heterocycles. The van der Waals surface area contributed by atoms with E-state index in [0.29, 0.717) is 29.2 Å². The summed E-state index contributed by atoms with van der Waals surface area (Å²) in [5.74, 6) is 0.0849. The number of allylic oxidation sites excluding steroid dienone is 1. The maximum absolute atomic E-state index is 13.0. The van der Waals surface area contributed by atoms with E-state index >= 15 is 0 Å². The summed E-state index contributed by atoms with van der Waals surface area (Å²) in [5, 5.41) is 5.67. The molecule has 0 aromatic heterocycles. The van der Waals surface area contributed by atoms with Crippen molar-refractivity contribution in [2.75, 3.05) is 0 Å². The molecule has 164 valence electrons. The van der Waals surface area contributed by atoms with Gasteiger partial charge in [-0.1, -0.05) is 61.9 Å². The average Bonchev–Trinajstić information content (AvgIpc) is 2.72. The van der Waals surface area contributed by atoms with Gasteiger partial charge in [-0.2, -0.15) is 0 Å². The zero-order valence-electron chi connectivity index (χ0n) is 18.7. The highest BCUT2D eigenvalue weighted by atomic mass is 16.5. The molecule has 31 heavy (non-hydrogen) atoms. The van der Waals surface area contributed by atoms with Gasteiger partial charge in [-0.3, -0.25) is 0 Å². The van der Waals surface area contributed by atoms with Gasteiger partial charge in [-0.05, 0) is 38.3 Å². The maximum Gasteiger partial charge on any atom is 0.338 e. The van der Waals surface area contributed by atoms with Gasteiger partial charge in [0.05, 0.1) is 17.7 Å². The monoisotopic (exact) mass is 422 g/mol. The lowest BCUT2D eigenvalue weighted by Crippen LogP contribution is -2.47. The molecule has 2 amide bonds. The molecule has 6 nitrogen and oxygen atoms in total. The van der Waals surface area contributed by atoms with Gasteiger partial charge >= 0.3 is 12.0 Å². The summed E-state index contributed by atoms with van der Waals surface area (Å²) in [4.78, 5) is 25.4. The van der Waals surface area contributed by atoms with Gasteiger partial charge in [-0.15, -0.1) is 0 Å². The molecule has 3 rings (SSSR count). The lowest BCUT2D eigenvalue weighted by molar-refractivity contribution is -0.143. The molecule has 0 spiro atoms. The van der Waals surface area contributed by atoms with Crippen molar-refractivity contribution in [3.63, 3.8) is 0 Å². The minimum atomic E-state index is -0.674. The first-order valence-corrected chi connectivity index (χ1v) is 10.6. The molecule has 0 saturated carbocycles. The second-order valence-corrected chi connectivity index (χ2v) is 8.28. The van der Waals surface area contributed by atoms with Gasteiger partial charge in [0.25, 0.3) is 0 Å². The molecule has 1 unspecified atom stereocenters. The molecule has 6 heteroatoms. The van der Waals surface area contributed by atoms with Crippen LogP contribution in [0.25, 0.3) is 0 Å². The van der Waals surface area contributed by atoms with Gasteiger partial charge in [0, 0.05) is 11.3 Å². The van der Waals surface area contributed by atoms with Gasteiger partial charge in [0.1, 0.15) is 12.4 Å². The Morgan fingerprint density at radius 2 is 1.71 bits per heavy atom. The lowest BCUT2D eigenvalue weighted by atomic mass is 9.91. The highest BCUT2D eigenvalue weighted by Gasteiger charge is 2.36. The molecule has 2 aromatic rings. The number of rotatable bonds is 7. The van der Waals surface area contributed by atoms with Crippen LogP contribution >= 0.6 is 0 Å². The van der Waals surface area contributed by atoms with Crippen LogP contribution in [-0.2, 0) is 16.1 Å². The first-order chi connectivity index (χ1) is 14.8. The lowest BCUT2D eigenvalue weighted by Gasteiger charge is -2.32. The molecule has 1 heterocycles. The Bertz CT molecular complexity index is 977. The van der Waals surface area contributed by atoms with E-state index in [2.05, 4.69) is 10.6 Å². The summed E-state index contributed by atoms with van der Waals surface area (Å²) in [6.07, 6.45) is -0.278. The molecule has 1 atom stereocenters. The predicted molar refractivity (Wildman–Crippen MR) is 119 cm³/mol. The third-order valence-electron chi connectivity index (χ3n) is 4.99. The van der Waals surface area contributed by atoms with Crippen LogP contribution in [0.3, 0.4) is 0 Å². The Hall–Kier alpha value is -3.28. The predicted octanol–water partition coefficient (Wildman–Crippen LogP) is 4.79. The Kier molecular flexibility index (Phi) is 7.00. The molecule has 0 aliphatic carbocycles. The molecular weight excluding hydrogens is 392 g/mol. The van der Waals surface area contributed by atoms with E-state index in [4.69, 9.17) is 9.47 Å². The van der Waals surface area contributed by atoms with E-state index < -0.39 is 12.0 Å². The molecule has 1 aliphatic rings. The zero-order valence-corrected chi connectivity index (χ0v) is 18.7. The summed E-state index contributed by atoms with van der Waals surface area (Å²) in [5.41, 5.74) is 3.88. The number of esters is 1. The molecule has 0 fully saturated rings. The van der Waals surface area contributed by atoms with Crippen molar-refractivity contribution >= 4 is 12.0 Å². The molecule has 0 saturated heterocycles. The van der Waals surface area contributed by atoms with Crippen molar-refractivity contribution < 1.29 is 19.1 Å². The van der Waals surface area contributed by atoms with E-state index in [1.54, 1.807) is 13.8 Å². The number of carbonyl (C=O) groups excluding carboxylic acids is 2. The number of aryl methyl sites for hydroxylation is 1. The number of benzene rings is 2. The van der Waals surface area contributed by atoms with E-state index in [9.17, 15) is 9.59 Å². The standard InChI is InChI=1S/C25H30N2O4/c1-15(2)22-21(24(28)31-16(3)4)23(27-25(29)26-22)19-8-6-7-9-20(19)30-14-18-12-10-17(5)11-13-18/h6-13,15-16,23H,14H2,1-5H3,(H2,26,27,29). The topological polar surface area (TPSA) is 76.7 Å². The summed E-state index contributed by atoms with van der Waals surface area (Å²) in [6, 6.07) is 14.5. The van der Waals surface area contributed by atoms with E-state index in [1.807, 2.05) is 69.3 Å². The SMILES string of the molecule is Cc1ccc(COc2ccccc2C2NC(=O)NC(C(C)C)=C2C(=O)OC(C)C)cc1. The van der Waals surface area contributed by atoms with Crippen molar-refractivity contribution in [1.82, 2.24) is 10.6 Å². The molecule has 2 N–H and O–H groups in total. The van der Waals surface area contributed by atoms with Crippen LogP contribution in [-0.4, -0.2) is 18.1 Å². The number of hydrogen-bond acceptors (Lipinski definition) is 4. The second-order valence-electron chi connectivity index (χ2n) is 8.28. The second kappa shape index (κ2) is 9.69. The highest BCUT2D eigenvalue weighted by Crippen LogP contribution is 2.35. The summed E-state index contributed by atoms with van der Waals surface area (Å²) in [6.45, 7) is 9.88. The first kappa shape index (κ1) is 22.4. The van der Waals surface area contributed by atoms with Gasteiger partial charge in [0.2, 0.25) is 0 Å². The largest absolute Gasteiger partial charge is 0.489 e. The first-order valence-electron chi connectivity index (χ1n) is 10.6. The number of para-hydroxylation sites is 1. The fourth-order valence-electron chi connectivity index (χ4n) is 3.47. The Labute approximate surface area is 183 Å². The van der Waals surface area contributed by atoms with Crippen LogP contribution in [0.4, 0.5) is 4.79 Å². The molecule has 2 aromatic carbocycles. The number of urea groups is 1. The minimum Gasteiger partial charge on any atom is -0.489 e. The molecular formula is C25H30N2O4. The Morgan fingerprint density at radius 3 is 2.35 bits per heavy atom. The van der Waals surface area contributed by atoms with E-state index in [0.717, 1.165) is 5.56 Å². The Morgan fingerprint density at radius 1 is 1.03 bits per heavy atom. The zero-order chi connectivity index (χ0) is 22.5. The average molecular weight is 423 g/mol. The maximum atomic E-state index is 13.0. The van der Waals surface area contributed by atoms with Crippen LogP contribution in [0.15, 0.2) is 59.8 Å². The number of nitrogens with one attached hydrogen (secondary N) is 2. The fraction of sp³-hybridized carbons (Fsp3) is 0.360. The van der Waals surface area contributed by atoms with Crippen LogP contribution in [0.1, 0.15) is 50.4 Å². The number of hydrogen-bond donors (Lipinski definition) is 2.